The van der Waals surface area contributed by atoms with Gasteiger partial charge in [-0.15, -0.1) is 0 Å². The Hall–Kier alpha value is -3.22. The minimum absolute atomic E-state index is 0.386. The molecule has 3 aromatic rings. The number of hydrogen-bond donors (Lipinski definition) is 2. The predicted octanol–water partition coefficient (Wildman–Crippen LogP) is 3.29. The van der Waals surface area contributed by atoms with Gasteiger partial charge in [0.25, 0.3) is 0 Å². The fourth-order valence-electron chi connectivity index (χ4n) is 2.89. The molecule has 0 saturated carbocycles. The summed E-state index contributed by atoms with van der Waals surface area (Å²) in [4.78, 5) is 15.9. The molecule has 0 fully saturated rings. The van der Waals surface area contributed by atoms with E-state index in [1.54, 1.807) is 20.0 Å². The number of benzene rings is 1. The molecule has 0 radical (unpaired) electrons. The molecular formula is C20H23N3O4. The van der Waals surface area contributed by atoms with Gasteiger partial charge in [0, 0.05) is 18.0 Å². The number of guanidine groups is 1. The quantitative estimate of drug-likeness (QED) is 0.408. The molecule has 0 aliphatic heterocycles. The van der Waals surface area contributed by atoms with Gasteiger partial charge in [-0.25, -0.2) is 4.79 Å². The van der Waals surface area contributed by atoms with Crippen molar-refractivity contribution in [3.05, 3.63) is 58.7 Å². The second-order valence-electron chi connectivity index (χ2n) is 6.10. The van der Waals surface area contributed by atoms with Crippen LogP contribution < -0.4 is 10.6 Å². The summed E-state index contributed by atoms with van der Waals surface area (Å²) >= 11 is 0. The van der Waals surface area contributed by atoms with Crippen molar-refractivity contribution in [3.8, 4) is 0 Å². The molecule has 3 rings (SSSR count). The van der Waals surface area contributed by atoms with Gasteiger partial charge in [0.05, 0.1) is 20.2 Å². The fraction of sp³-hybridized carbons (Fsp3) is 0.300. The highest BCUT2D eigenvalue weighted by Gasteiger charge is 2.15. The van der Waals surface area contributed by atoms with E-state index in [1.807, 2.05) is 31.2 Å². The third kappa shape index (κ3) is 3.97. The topological polar surface area (TPSA) is 89.0 Å². The highest BCUT2D eigenvalue weighted by molar-refractivity contribution is 5.90. The van der Waals surface area contributed by atoms with Crippen LogP contribution in [0, 0.1) is 13.8 Å². The van der Waals surface area contributed by atoms with E-state index in [9.17, 15) is 4.79 Å². The van der Waals surface area contributed by atoms with Crippen LogP contribution in [0.25, 0.3) is 11.0 Å². The maximum Gasteiger partial charge on any atom is 0.341 e. The number of ether oxygens (including phenoxy) is 1. The Morgan fingerprint density at radius 1 is 1.15 bits per heavy atom. The van der Waals surface area contributed by atoms with E-state index in [0.29, 0.717) is 36.1 Å². The van der Waals surface area contributed by atoms with Crippen LogP contribution in [0.1, 0.15) is 33.2 Å². The summed E-state index contributed by atoms with van der Waals surface area (Å²) in [7, 11) is 3.03. The standard InChI is InChI=1S/C20H23N3O4/c1-12-15-7-5-6-8-17(15)27-18(12)11-23-20(21-3)22-10-14-9-16(13(2)26-14)19(24)25-4/h5-9H,10-11H2,1-4H3,(H2,21,22,23). The van der Waals surface area contributed by atoms with Crippen LogP contribution in [-0.2, 0) is 17.8 Å². The Morgan fingerprint density at radius 2 is 1.89 bits per heavy atom. The summed E-state index contributed by atoms with van der Waals surface area (Å²) < 4.78 is 16.2. The monoisotopic (exact) mass is 369 g/mol. The average Bonchev–Trinajstić information content (AvgIpc) is 3.21. The molecular weight excluding hydrogens is 346 g/mol. The van der Waals surface area contributed by atoms with Gasteiger partial charge in [0.1, 0.15) is 28.4 Å². The van der Waals surface area contributed by atoms with Gasteiger partial charge in [0.2, 0.25) is 0 Å². The van der Waals surface area contributed by atoms with E-state index >= 15 is 0 Å². The smallest absolute Gasteiger partial charge is 0.341 e. The zero-order valence-corrected chi connectivity index (χ0v) is 15.9. The van der Waals surface area contributed by atoms with Crippen molar-refractivity contribution in [2.45, 2.75) is 26.9 Å². The first-order valence-corrected chi connectivity index (χ1v) is 8.62. The van der Waals surface area contributed by atoms with Gasteiger partial charge in [-0.05, 0) is 26.0 Å². The van der Waals surface area contributed by atoms with Crippen molar-refractivity contribution < 1.29 is 18.4 Å². The Balaban J connectivity index is 1.61. The minimum atomic E-state index is -0.412. The largest absolute Gasteiger partial charge is 0.465 e. The number of para-hydroxylation sites is 1. The van der Waals surface area contributed by atoms with Gasteiger partial charge < -0.3 is 24.2 Å². The van der Waals surface area contributed by atoms with Crippen LogP contribution in [0.4, 0.5) is 0 Å². The lowest BCUT2D eigenvalue weighted by atomic mass is 10.1. The Kier molecular flexibility index (Phi) is 5.49. The van der Waals surface area contributed by atoms with E-state index in [4.69, 9.17) is 13.6 Å². The number of esters is 1. The summed E-state index contributed by atoms with van der Waals surface area (Å²) in [5.41, 5.74) is 2.41. The number of methoxy groups -OCH3 is 1. The van der Waals surface area contributed by atoms with Crippen molar-refractivity contribution in [3.63, 3.8) is 0 Å². The molecule has 0 saturated heterocycles. The number of carbonyl (C=O) groups is 1. The normalized spacial score (nSPS) is 11.6. The minimum Gasteiger partial charge on any atom is -0.465 e. The van der Waals surface area contributed by atoms with E-state index in [0.717, 1.165) is 22.3 Å². The molecule has 0 atom stereocenters. The molecule has 0 aliphatic rings. The number of furan rings is 2. The first-order valence-electron chi connectivity index (χ1n) is 8.62. The zero-order chi connectivity index (χ0) is 19.4. The number of carbonyl (C=O) groups excluding carboxylic acids is 1. The van der Waals surface area contributed by atoms with Crippen molar-refractivity contribution in [1.29, 1.82) is 0 Å². The lowest BCUT2D eigenvalue weighted by Crippen LogP contribution is -2.36. The predicted molar refractivity (Wildman–Crippen MR) is 103 cm³/mol. The third-order valence-electron chi connectivity index (χ3n) is 4.39. The van der Waals surface area contributed by atoms with Gasteiger partial charge in [-0.3, -0.25) is 4.99 Å². The molecule has 7 heteroatoms. The Morgan fingerprint density at radius 3 is 2.59 bits per heavy atom. The lowest BCUT2D eigenvalue weighted by Gasteiger charge is -2.10. The van der Waals surface area contributed by atoms with E-state index in [2.05, 4.69) is 15.6 Å². The summed E-state index contributed by atoms with van der Waals surface area (Å²) in [5, 5.41) is 7.49. The van der Waals surface area contributed by atoms with Crippen LogP contribution >= 0.6 is 0 Å². The van der Waals surface area contributed by atoms with Crippen LogP contribution in [-0.4, -0.2) is 26.1 Å². The third-order valence-corrected chi connectivity index (χ3v) is 4.39. The molecule has 7 nitrogen and oxygen atoms in total. The van der Waals surface area contributed by atoms with Crippen LogP contribution in [0.15, 0.2) is 44.2 Å². The molecule has 1 aromatic carbocycles. The summed E-state index contributed by atoms with van der Waals surface area (Å²) in [5.74, 6) is 2.20. The number of fused-ring (bicyclic) bond motifs is 1. The molecule has 27 heavy (non-hydrogen) atoms. The molecule has 2 N–H and O–H groups in total. The lowest BCUT2D eigenvalue weighted by molar-refractivity contribution is 0.0599. The van der Waals surface area contributed by atoms with Crippen molar-refractivity contribution in [1.82, 2.24) is 10.6 Å². The van der Waals surface area contributed by atoms with Crippen LogP contribution in [0.2, 0.25) is 0 Å². The molecule has 142 valence electrons. The number of nitrogens with one attached hydrogen (secondary N) is 2. The van der Waals surface area contributed by atoms with Crippen LogP contribution in [0.5, 0.6) is 0 Å². The van der Waals surface area contributed by atoms with Crippen LogP contribution in [0.3, 0.4) is 0 Å². The maximum absolute atomic E-state index is 11.7. The fourth-order valence-corrected chi connectivity index (χ4v) is 2.89. The van der Waals surface area contributed by atoms with Gasteiger partial charge in [0.15, 0.2) is 5.96 Å². The average molecular weight is 369 g/mol. The summed E-state index contributed by atoms with van der Waals surface area (Å²) in [6.45, 7) is 4.66. The molecule has 0 bridgehead atoms. The SMILES string of the molecule is CN=C(NCc1cc(C(=O)OC)c(C)o1)NCc1oc2ccccc2c1C. The Bertz CT molecular complexity index is 984. The highest BCUT2D eigenvalue weighted by Crippen LogP contribution is 2.24. The second-order valence-corrected chi connectivity index (χ2v) is 6.10. The molecule has 2 heterocycles. The molecule has 0 unspecified atom stereocenters. The van der Waals surface area contributed by atoms with Crippen molar-refractivity contribution >= 4 is 22.9 Å². The zero-order valence-electron chi connectivity index (χ0n) is 15.9. The summed E-state index contributed by atoms with van der Waals surface area (Å²) in [6, 6.07) is 9.62. The maximum atomic E-state index is 11.7. The van der Waals surface area contributed by atoms with Gasteiger partial charge >= 0.3 is 5.97 Å². The van der Waals surface area contributed by atoms with E-state index < -0.39 is 5.97 Å². The first kappa shape index (κ1) is 18.6. The highest BCUT2D eigenvalue weighted by atomic mass is 16.5. The molecule has 2 aromatic heterocycles. The number of rotatable bonds is 5. The molecule has 0 amide bonds. The van der Waals surface area contributed by atoms with E-state index in [1.165, 1.54) is 7.11 Å². The number of aliphatic imine (C=N–C) groups is 1. The number of aryl methyl sites for hydroxylation is 2. The van der Waals surface area contributed by atoms with Crippen molar-refractivity contribution in [2.75, 3.05) is 14.2 Å². The van der Waals surface area contributed by atoms with Gasteiger partial charge in [-0.2, -0.15) is 0 Å². The van der Waals surface area contributed by atoms with E-state index in [-0.39, 0.29) is 0 Å². The van der Waals surface area contributed by atoms with Gasteiger partial charge in [-0.1, -0.05) is 18.2 Å². The number of hydrogen-bond acceptors (Lipinski definition) is 5. The molecule has 0 aliphatic carbocycles. The van der Waals surface area contributed by atoms with Crippen molar-refractivity contribution in [2.24, 2.45) is 4.99 Å². The Labute approximate surface area is 157 Å². The molecule has 0 spiro atoms. The first-order chi connectivity index (χ1) is 13.0. The number of nitrogens with zero attached hydrogens (tertiary/aromatic N) is 1. The second kappa shape index (κ2) is 7.99. The summed E-state index contributed by atoms with van der Waals surface area (Å²) in [6.07, 6.45) is 0.